The fourth-order valence-electron chi connectivity index (χ4n) is 4.15. The number of hydrogen-bond acceptors (Lipinski definition) is 5. The number of amides is 3. The third-order valence-corrected chi connectivity index (χ3v) is 5.93. The van der Waals surface area contributed by atoms with Gasteiger partial charge in [-0.15, -0.1) is 0 Å². The lowest BCUT2D eigenvalue weighted by Crippen LogP contribution is -2.45. The molecule has 0 aromatic heterocycles. The van der Waals surface area contributed by atoms with Gasteiger partial charge in [-0.05, 0) is 63.0 Å². The van der Waals surface area contributed by atoms with Crippen LogP contribution < -0.4 is 15.4 Å². The Bertz CT molecular complexity index is 705. The average Bonchev–Trinajstić information content (AvgIpc) is 3.25. The molecule has 1 saturated carbocycles. The molecule has 7 heteroatoms. The lowest BCUT2D eigenvalue weighted by Gasteiger charge is -2.31. The number of imide groups is 1. The highest BCUT2D eigenvalue weighted by molar-refractivity contribution is 5.98. The number of benzene rings is 1. The van der Waals surface area contributed by atoms with Crippen molar-refractivity contribution in [1.82, 2.24) is 15.5 Å². The molecule has 3 amide bonds. The van der Waals surface area contributed by atoms with E-state index in [1.807, 2.05) is 24.3 Å². The summed E-state index contributed by atoms with van der Waals surface area (Å²) < 4.78 is 5.14. The lowest BCUT2D eigenvalue weighted by molar-refractivity contribution is -0.120. The van der Waals surface area contributed by atoms with Crippen molar-refractivity contribution in [3.63, 3.8) is 0 Å². The summed E-state index contributed by atoms with van der Waals surface area (Å²) in [6, 6.07) is 7.06. The Kier molecular flexibility index (Phi) is 7.63. The van der Waals surface area contributed by atoms with Crippen LogP contribution in [-0.2, 0) is 4.79 Å². The van der Waals surface area contributed by atoms with E-state index in [9.17, 15) is 14.4 Å². The summed E-state index contributed by atoms with van der Waals surface area (Å²) in [5, 5.41) is 5.28. The standard InChI is InChI=1S/C22H31N3O4/c1-29-19-8-6-16(7-9-19)21(27)17-10-13-25(14-11-17)15-12-20(26)24-22(28)23-18-4-2-3-5-18/h6-9,17-18H,2-5,10-15H2,1H3,(H2,23,24,26,28). The van der Waals surface area contributed by atoms with Crippen LogP contribution in [0.25, 0.3) is 0 Å². The minimum atomic E-state index is -0.384. The number of ketones is 1. The molecule has 7 nitrogen and oxygen atoms in total. The molecule has 0 atom stereocenters. The quantitative estimate of drug-likeness (QED) is 0.686. The van der Waals surface area contributed by atoms with Crippen LogP contribution >= 0.6 is 0 Å². The number of rotatable bonds is 7. The molecule has 3 rings (SSSR count). The SMILES string of the molecule is COc1ccc(C(=O)C2CCN(CCC(=O)NC(=O)NC3CCCC3)CC2)cc1. The zero-order valence-electron chi connectivity index (χ0n) is 17.1. The summed E-state index contributed by atoms with van der Waals surface area (Å²) in [5.74, 6) is 0.683. The smallest absolute Gasteiger partial charge is 0.321 e. The van der Waals surface area contributed by atoms with Gasteiger partial charge in [0.25, 0.3) is 0 Å². The van der Waals surface area contributed by atoms with Crippen LogP contribution in [0.2, 0.25) is 0 Å². The van der Waals surface area contributed by atoms with Crippen LogP contribution in [0.3, 0.4) is 0 Å². The Labute approximate surface area is 172 Å². The first-order valence-electron chi connectivity index (χ1n) is 10.6. The van der Waals surface area contributed by atoms with Gasteiger partial charge in [0.15, 0.2) is 5.78 Å². The lowest BCUT2D eigenvalue weighted by atomic mass is 9.89. The van der Waals surface area contributed by atoms with Crippen molar-refractivity contribution >= 4 is 17.7 Å². The number of carbonyl (C=O) groups excluding carboxylic acids is 3. The van der Waals surface area contributed by atoms with Gasteiger partial charge in [-0.25, -0.2) is 4.79 Å². The van der Waals surface area contributed by atoms with E-state index in [1.165, 1.54) is 0 Å². The van der Waals surface area contributed by atoms with Crippen molar-refractivity contribution in [3.8, 4) is 5.75 Å². The van der Waals surface area contributed by atoms with Crippen molar-refractivity contribution in [1.29, 1.82) is 0 Å². The maximum Gasteiger partial charge on any atom is 0.321 e. The van der Waals surface area contributed by atoms with Crippen LogP contribution in [0.15, 0.2) is 24.3 Å². The molecule has 1 aliphatic carbocycles. The number of urea groups is 1. The van der Waals surface area contributed by atoms with E-state index < -0.39 is 0 Å². The second-order valence-corrected chi connectivity index (χ2v) is 7.96. The van der Waals surface area contributed by atoms with E-state index in [2.05, 4.69) is 15.5 Å². The predicted molar refractivity (Wildman–Crippen MR) is 110 cm³/mol. The highest BCUT2D eigenvalue weighted by atomic mass is 16.5. The van der Waals surface area contributed by atoms with Crippen LogP contribution in [0.4, 0.5) is 4.79 Å². The molecule has 2 aliphatic rings. The molecule has 1 aromatic carbocycles. The van der Waals surface area contributed by atoms with E-state index in [1.54, 1.807) is 7.11 Å². The Morgan fingerprint density at radius 2 is 1.69 bits per heavy atom. The van der Waals surface area contributed by atoms with Crippen molar-refractivity contribution in [3.05, 3.63) is 29.8 Å². The maximum absolute atomic E-state index is 12.7. The highest BCUT2D eigenvalue weighted by Gasteiger charge is 2.26. The second kappa shape index (κ2) is 10.4. The van der Waals surface area contributed by atoms with E-state index in [0.717, 1.165) is 62.9 Å². The Hall–Kier alpha value is -2.41. The number of nitrogens with one attached hydrogen (secondary N) is 2. The summed E-state index contributed by atoms with van der Waals surface area (Å²) in [6.45, 7) is 2.17. The Balaban J connectivity index is 1.35. The van der Waals surface area contributed by atoms with Gasteiger partial charge in [0.1, 0.15) is 5.75 Å². The number of ether oxygens (including phenoxy) is 1. The Morgan fingerprint density at radius 3 is 2.31 bits per heavy atom. The second-order valence-electron chi connectivity index (χ2n) is 7.96. The molecule has 1 aromatic rings. The van der Waals surface area contributed by atoms with Gasteiger partial charge in [0.2, 0.25) is 5.91 Å². The van der Waals surface area contributed by atoms with Gasteiger partial charge in [0, 0.05) is 30.5 Å². The van der Waals surface area contributed by atoms with Gasteiger partial charge < -0.3 is 15.0 Å². The largest absolute Gasteiger partial charge is 0.497 e. The predicted octanol–water partition coefficient (Wildman–Crippen LogP) is 2.75. The van der Waals surface area contributed by atoms with Gasteiger partial charge in [-0.1, -0.05) is 12.8 Å². The van der Waals surface area contributed by atoms with Crippen molar-refractivity contribution in [2.24, 2.45) is 5.92 Å². The van der Waals surface area contributed by atoms with Crippen LogP contribution in [-0.4, -0.2) is 55.4 Å². The minimum Gasteiger partial charge on any atom is -0.497 e. The third-order valence-electron chi connectivity index (χ3n) is 5.93. The zero-order chi connectivity index (χ0) is 20.6. The minimum absolute atomic E-state index is 0.0191. The summed E-state index contributed by atoms with van der Waals surface area (Å²) >= 11 is 0. The number of Topliss-reactive ketones (excluding diaryl/α,β-unsaturated/α-hetero) is 1. The Morgan fingerprint density at radius 1 is 1.03 bits per heavy atom. The monoisotopic (exact) mass is 401 g/mol. The van der Waals surface area contributed by atoms with Gasteiger partial charge >= 0.3 is 6.03 Å². The molecular weight excluding hydrogens is 370 g/mol. The van der Waals surface area contributed by atoms with Gasteiger partial charge in [-0.3, -0.25) is 14.9 Å². The number of carbonyl (C=O) groups is 3. The van der Waals surface area contributed by atoms with Crippen molar-refractivity contribution in [2.45, 2.75) is 51.0 Å². The number of hydrogen-bond donors (Lipinski definition) is 2. The number of nitrogens with zero attached hydrogens (tertiary/aromatic N) is 1. The molecular formula is C22H31N3O4. The fraction of sp³-hybridized carbons (Fsp3) is 0.591. The van der Waals surface area contributed by atoms with E-state index in [0.29, 0.717) is 6.54 Å². The van der Waals surface area contributed by atoms with E-state index in [-0.39, 0.29) is 36.1 Å². The molecule has 29 heavy (non-hydrogen) atoms. The molecule has 0 radical (unpaired) electrons. The van der Waals surface area contributed by atoms with E-state index in [4.69, 9.17) is 4.74 Å². The summed E-state index contributed by atoms with van der Waals surface area (Å²) in [5.41, 5.74) is 0.719. The first kappa shape index (κ1) is 21.3. The number of methoxy groups -OCH3 is 1. The van der Waals surface area contributed by atoms with E-state index >= 15 is 0 Å². The van der Waals surface area contributed by atoms with Crippen molar-refractivity contribution < 1.29 is 19.1 Å². The first-order chi connectivity index (χ1) is 14.0. The summed E-state index contributed by atoms with van der Waals surface area (Å²) in [7, 11) is 1.61. The van der Waals surface area contributed by atoms with Crippen molar-refractivity contribution in [2.75, 3.05) is 26.7 Å². The molecule has 0 bridgehead atoms. The molecule has 0 spiro atoms. The van der Waals surface area contributed by atoms with Crippen LogP contribution in [0, 0.1) is 5.92 Å². The summed E-state index contributed by atoms with van der Waals surface area (Å²) in [4.78, 5) is 38.7. The molecule has 1 saturated heterocycles. The molecule has 2 N–H and O–H groups in total. The fourth-order valence-corrected chi connectivity index (χ4v) is 4.15. The summed E-state index contributed by atoms with van der Waals surface area (Å²) in [6.07, 6.45) is 6.11. The van der Waals surface area contributed by atoms with Gasteiger partial charge in [0.05, 0.1) is 7.11 Å². The molecule has 2 fully saturated rings. The first-order valence-corrected chi connectivity index (χ1v) is 10.6. The number of piperidine rings is 1. The third kappa shape index (κ3) is 6.29. The molecule has 1 aliphatic heterocycles. The topological polar surface area (TPSA) is 87.7 Å². The van der Waals surface area contributed by atoms with Crippen LogP contribution in [0.5, 0.6) is 5.75 Å². The average molecular weight is 402 g/mol. The molecule has 158 valence electrons. The van der Waals surface area contributed by atoms with Gasteiger partial charge in [-0.2, -0.15) is 0 Å². The normalized spacial score (nSPS) is 18.4. The van der Waals surface area contributed by atoms with Crippen LogP contribution in [0.1, 0.15) is 55.3 Å². The molecule has 0 unspecified atom stereocenters. The zero-order valence-corrected chi connectivity index (χ0v) is 17.1. The number of likely N-dealkylation sites (tertiary alicyclic amines) is 1. The highest BCUT2D eigenvalue weighted by Crippen LogP contribution is 2.23. The molecule has 1 heterocycles. The maximum atomic E-state index is 12.7.